The molecule has 0 heterocycles. The van der Waals surface area contributed by atoms with Gasteiger partial charge in [0.15, 0.2) is 0 Å². The minimum absolute atomic E-state index is 0.443. The molecule has 41 heavy (non-hydrogen) atoms. The number of benzene rings is 3. The van der Waals surface area contributed by atoms with Gasteiger partial charge in [-0.25, -0.2) is 0 Å². The van der Waals surface area contributed by atoms with Crippen molar-refractivity contribution in [1.82, 2.24) is 0 Å². The van der Waals surface area contributed by atoms with E-state index in [0.717, 1.165) is 71.9 Å². The third-order valence-electron chi connectivity index (χ3n) is 6.48. The van der Waals surface area contributed by atoms with Crippen LogP contribution < -0.4 is 13.6 Å². The second kappa shape index (κ2) is 15.7. The molecular formula is C36H39O4P. The van der Waals surface area contributed by atoms with Crippen molar-refractivity contribution in [3.05, 3.63) is 88.0 Å². The summed E-state index contributed by atoms with van der Waals surface area (Å²) in [5.41, 5.74) is 5.65. The summed E-state index contributed by atoms with van der Waals surface area (Å²) in [5.74, 6) is 9.37. The smallest absolute Gasteiger partial charge is 0.386 e. The standard InChI is InChI=1S/C36H39O4P/c1-7-13-28-19-22-34(31(25-28)16-10-4)38-41(37,39-35-23-20-29(14-8-2)26-32(35)17-11-5)40-36-24-21-30(15-9-3)27-33(36)18-12-6/h1-3,19-27H,10-18H2,4-6H3. The molecule has 4 nitrogen and oxygen atoms in total. The van der Waals surface area contributed by atoms with Gasteiger partial charge in [0, 0.05) is 19.3 Å². The van der Waals surface area contributed by atoms with Crippen molar-refractivity contribution in [2.75, 3.05) is 0 Å². The molecule has 0 unspecified atom stereocenters. The minimum atomic E-state index is -4.25. The average Bonchev–Trinajstić information content (AvgIpc) is 2.94. The highest BCUT2D eigenvalue weighted by molar-refractivity contribution is 7.49. The van der Waals surface area contributed by atoms with Gasteiger partial charge in [0.05, 0.1) is 0 Å². The molecular weight excluding hydrogens is 527 g/mol. The van der Waals surface area contributed by atoms with Crippen LogP contribution in [0.4, 0.5) is 0 Å². The lowest BCUT2D eigenvalue weighted by molar-refractivity contribution is 0.295. The first kappa shape index (κ1) is 31.5. The van der Waals surface area contributed by atoms with Gasteiger partial charge < -0.3 is 13.6 Å². The number of aryl methyl sites for hydroxylation is 3. The number of hydrogen-bond donors (Lipinski definition) is 0. The van der Waals surface area contributed by atoms with E-state index in [2.05, 4.69) is 38.5 Å². The Kier molecular flexibility index (Phi) is 12.0. The van der Waals surface area contributed by atoms with Crippen LogP contribution >= 0.6 is 7.82 Å². The molecule has 0 saturated carbocycles. The lowest BCUT2D eigenvalue weighted by Gasteiger charge is -2.23. The monoisotopic (exact) mass is 566 g/mol. The van der Waals surface area contributed by atoms with Crippen LogP contribution in [0.15, 0.2) is 54.6 Å². The topological polar surface area (TPSA) is 44.8 Å². The van der Waals surface area contributed by atoms with E-state index in [4.69, 9.17) is 32.8 Å². The van der Waals surface area contributed by atoms with Gasteiger partial charge >= 0.3 is 7.82 Å². The van der Waals surface area contributed by atoms with E-state index in [1.54, 1.807) is 18.2 Å². The molecule has 5 heteroatoms. The van der Waals surface area contributed by atoms with Gasteiger partial charge in [-0.2, -0.15) is 4.57 Å². The van der Waals surface area contributed by atoms with Crippen molar-refractivity contribution in [3.8, 4) is 54.3 Å². The minimum Gasteiger partial charge on any atom is -0.386 e. The van der Waals surface area contributed by atoms with Crippen molar-refractivity contribution >= 4 is 7.82 Å². The first-order valence-electron chi connectivity index (χ1n) is 14.2. The molecule has 0 aliphatic carbocycles. The van der Waals surface area contributed by atoms with Crippen molar-refractivity contribution < 1.29 is 18.1 Å². The van der Waals surface area contributed by atoms with E-state index in [0.29, 0.717) is 36.5 Å². The lowest BCUT2D eigenvalue weighted by atomic mass is 10.0. The zero-order chi connectivity index (χ0) is 29.7. The summed E-state index contributed by atoms with van der Waals surface area (Å²) in [5, 5.41) is 0. The molecule has 0 amide bonds. The Labute approximate surface area is 246 Å². The average molecular weight is 567 g/mol. The van der Waals surface area contributed by atoms with Crippen molar-refractivity contribution in [2.45, 2.75) is 78.6 Å². The third kappa shape index (κ3) is 8.98. The fourth-order valence-corrected chi connectivity index (χ4v) is 6.03. The van der Waals surface area contributed by atoms with Gasteiger partial charge in [0.25, 0.3) is 0 Å². The Balaban J connectivity index is 2.11. The summed E-state index contributed by atoms with van der Waals surface area (Å²) in [6.45, 7) is 6.23. The highest BCUT2D eigenvalue weighted by Crippen LogP contribution is 2.52. The van der Waals surface area contributed by atoms with Crippen LogP contribution in [0.2, 0.25) is 0 Å². The second-order valence-electron chi connectivity index (χ2n) is 9.94. The van der Waals surface area contributed by atoms with Crippen molar-refractivity contribution in [3.63, 3.8) is 0 Å². The van der Waals surface area contributed by atoms with E-state index in [9.17, 15) is 4.57 Å². The van der Waals surface area contributed by atoms with Crippen LogP contribution in [0.25, 0.3) is 0 Å². The van der Waals surface area contributed by atoms with E-state index in [-0.39, 0.29) is 0 Å². The molecule has 0 aromatic heterocycles. The van der Waals surface area contributed by atoms with Crippen molar-refractivity contribution in [2.24, 2.45) is 0 Å². The summed E-state index contributed by atoms with van der Waals surface area (Å²) in [6, 6.07) is 17.0. The fourth-order valence-electron chi connectivity index (χ4n) is 4.66. The first-order valence-corrected chi connectivity index (χ1v) is 15.7. The predicted molar refractivity (Wildman–Crippen MR) is 168 cm³/mol. The Morgan fingerprint density at radius 3 is 1.10 bits per heavy atom. The second-order valence-corrected chi connectivity index (χ2v) is 11.4. The van der Waals surface area contributed by atoms with Gasteiger partial charge in [0.1, 0.15) is 17.2 Å². The molecule has 0 N–H and O–H groups in total. The van der Waals surface area contributed by atoms with Crippen LogP contribution in [0.1, 0.15) is 73.4 Å². The molecule has 3 rings (SSSR count). The summed E-state index contributed by atoms with van der Waals surface area (Å²) in [7, 11) is -4.25. The number of terminal acetylenes is 3. The van der Waals surface area contributed by atoms with Gasteiger partial charge in [-0.05, 0) is 70.8 Å². The summed E-state index contributed by atoms with van der Waals surface area (Å²) in [4.78, 5) is 0. The van der Waals surface area contributed by atoms with Crippen LogP contribution in [0, 0.1) is 37.0 Å². The van der Waals surface area contributed by atoms with E-state index in [1.807, 2.05) is 36.4 Å². The maximum atomic E-state index is 14.7. The molecule has 0 saturated heterocycles. The summed E-state index contributed by atoms with van der Waals surface area (Å²) in [6.07, 6.45) is 22.9. The summed E-state index contributed by atoms with van der Waals surface area (Å²) < 4.78 is 33.4. The van der Waals surface area contributed by atoms with Crippen LogP contribution in [-0.4, -0.2) is 0 Å². The molecule has 3 aromatic carbocycles. The normalized spacial score (nSPS) is 10.7. The largest absolute Gasteiger partial charge is 0.647 e. The zero-order valence-electron chi connectivity index (χ0n) is 24.4. The zero-order valence-corrected chi connectivity index (χ0v) is 25.3. The van der Waals surface area contributed by atoms with Gasteiger partial charge in [-0.15, -0.1) is 37.0 Å². The number of rotatable bonds is 15. The molecule has 0 aliphatic heterocycles. The quantitative estimate of drug-likeness (QED) is 0.136. The number of phosphoric acid groups is 1. The Morgan fingerprint density at radius 2 is 0.854 bits per heavy atom. The molecule has 0 aliphatic rings. The number of hydrogen-bond acceptors (Lipinski definition) is 4. The van der Waals surface area contributed by atoms with E-state index in [1.165, 1.54) is 0 Å². The molecule has 212 valence electrons. The van der Waals surface area contributed by atoms with Crippen molar-refractivity contribution in [1.29, 1.82) is 0 Å². The van der Waals surface area contributed by atoms with Crippen LogP contribution in [0.5, 0.6) is 17.2 Å². The molecule has 0 radical (unpaired) electrons. The van der Waals surface area contributed by atoms with Gasteiger partial charge in [0.2, 0.25) is 0 Å². The Morgan fingerprint density at radius 1 is 0.561 bits per heavy atom. The molecule has 0 atom stereocenters. The first-order chi connectivity index (χ1) is 19.9. The summed E-state index contributed by atoms with van der Waals surface area (Å²) >= 11 is 0. The van der Waals surface area contributed by atoms with Gasteiger partial charge in [-0.3, -0.25) is 0 Å². The van der Waals surface area contributed by atoms with Crippen LogP contribution in [-0.2, 0) is 43.1 Å². The Bertz CT molecular complexity index is 1320. The third-order valence-corrected chi connectivity index (χ3v) is 7.74. The van der Waals surface area contributed by atoms with E-state index < -0.39 is 7.82 Å². The highest BCUT2D eigenvalue weighted by Gasteiger charge is 2.35. The molecule has 0 spiro atoms. The van der Waals surface area contributed by atoms with E-state index >= 15 is 0 Å². The maximum Gasteiger partial charge on any atom is 0.647 e. The SMILES string of the molecule is C#CCc1ccc(OP(=O)(Oc2ccc(CC#C)cc2CCC)Oc2ccc(CC#C)cc2CCC)c(CCC)c1. The lowest BCUT2D eigenvalue weighted by Crippen LogP contribution is -2.11. The predicted octanol–water partition coefficient (Wildman–Crippen LogP) is 8.72. The highest BCUT2D eigenvalue weighted by atomic mass is 31.2. The molecule has 0 bridgehead atoms. The molecule has 3 aromatic rings. The van der Waals surface area contributed by atoms with Crippen LogP contribution in [0.3, 0.4) is 0 Å². The van der Waals surface area contributed by atoms with Gasteiger partial charge in [-0.1, -0.05) is 76.4 Å². The molecule has 0 fully saturated rings. The fraction of sp³-hybridized carbons (Fsp3) is 0.333. The maximum absolute atomic E-state index is 14.7. The Hall–Kier alpha value is -4.03. The number of phosphoric ester groups is 1.